The lowest BCUT2D eigenvalue weighted by Crippen LogP contribution is -2.11. The Bertz CT molecular complexity index is 365. The third kappa shape index (κ3) is 1.97. The number of nitrogens with two attached hydrogens (primary N) is 1. The molecule has 0 saturated heterocycles. The summed E-state index contributed by atoms with van der Waals surface area (Å²) >= 11 is 0. The van der Waals surface area contributed by atoms with Crippen molar-refractivity contribution in [1.82, 2.24) is 0 Å². The van der Waals surface area contributed by atoms with Gasteiger partial charge in [-0.25, -0.2) is 4.39 Å². The van der Waals surface area contributed by atoms with Gasteiger partial charge in [-0.05, 0) is 36.5 Å². The summed E-state index contributed by atoms with van der Waals surface area (Å²) in [7, 11) is 1.55. The van der Waals surface area contributed by atoms with Gasteiger partial charge in [-0.2, -0.15) is 0 Å². The minimum Gasteiger partial charge on any atom is -0.497 e. The summed E-state index contributed by atoms with van der Waals surface area (Å²) in [6.07, 6.45) is 3.81. The highest BCUT2D eigenvalue weighted by Crippen LogP contribution is 2.31. The van der Waals surface area contributed by atoms with Gasteiger partial charge in [0, 0.05) is 12.1 Å². The van der Waals surface area contributed by atoms with Crippen molar-refractivity contribution in [3.05, 3.63) is 29.1 Å². The lowest BCUT2D eigenvalue weighted by Gasteiger charge is -2.14. The van der Waals surface area contributed by atoms with E-state index in [-0.39, 0.29) is 11.9 Å². The predicted molar refractivity (Wildman–Crippen MR) is 57.4 cm³/mol. The molecule has 0 spiro atoms. The van der Waals surface area contributed by atoms with Crippen LogP contribution >= 0.6 is 0 Å². The van der Waals surface area contributed by atoms with Gasteiger partial charge in [-0.3, -0.25) is 0 Å². The second kappa shape index (κ2) is 4.19. The van der Waals surface area contributed by atoms with Crippen LogP contribution in [0.25, 0.3) is 0 Å². The monoisotopic (exact) mass is 209 g/mol. The van der Waals surface area contributed by atoms with Crippen molar-refractivity contribution in [1.29, 1.82) is 0 Å². The van der Waals surface area contributed by atoms with E-state index in [1.807, 2.05) is 6.07 Å². The van der Waals surface area contributed by atoms with Crippen molar-refractivity contribution < 1.29 is 9.13 Å². The zero-order chi connectivity index (χ0) is 10.8. The first kappa shape index (κ1) is 10.4. The van der Waals surface area contributed by atoms with Gasteiger partial charge in [-0.15, -0.1) is 0 Å². The standard InChI is InChI=1S/C12H16FNO/c1-15-8-6-10-9(11(13)7-8)4-2-3-5-12(10)14/h6-7,12H,2-5,14H2,1H3. The Morgan fingerprint density at radius 2 is 2.20 bits per heavy atom. The first-order chi connectivity index (χ1) is 7.22. The van der Waals surface area contributed by atoms with E-state index in [9.17, 15) is 4.39 Å². The molecular formula is C12H16FNO. The van der Waals surface area contributed by atoms with Crippen LogP contribution in [-0.4, -0.2) is 7.11 Å². The molecule has 2 rings (SSSR count). The highest BCUT2D eigenvalue weighted by molar-refractivity contribution is 5.39. The zero-order valence-electron chi connectivity index (χ0n) is 8.92. The molecule has 1 aliphatic rings. The van der Waals surface area contributed by atoms with E-state index in [1.165, 1.54) is 6.07 Å². The number of halogens is 1. The minimum atomic E-state index is -0.179. The lowest BCUT2D eigenvalue weighted by atomic mass is 9.99. The Hall–Kier alpha value is -1.09. The molecule has 1 atom stereocenters. The van der Waals surface area contributed by atoms with Crippen LogP contribution in [0.2, 0.25) is 0 Å². The average molecular weight is 209 g/mol. The fourth-order valence-corrected chi connectivity index (χ4v) is 2.17. The van der Waals surface area contributed by atoms with Crippen molar-refractivity contribution in [3.63, 3.8) is 0 Å². The number of hydrogen-bond donors (Lipinski definition) is 1. The van der Waals surface area contributed by atoms with E-state index in [1.54, 1.807) is 7.11 Å². The summed E-state index contributed by atoms with van der Waals surface area (Å²) in [5, 5.41) is 0. The van der Waals surface area contributed by atoms with Crippen LogP contribution in [0.15, 0.2) is 12.1 Å². The molecule has 1 aromatic carbocycles. The molecule has 0 amide bonds. The number of fused-ring (bicyclic) bond motifs is 1. The van der Waals surface area contributed by atoms with E-state index in [2.05, 4.69) is 0 Å². The fraction of sp³-hybridized carbons (Fsp3) is 0.500. The van der Waals surface area contributed by atoms with Gasteiger partial charge in [-0.1, -0.05) is 6.42 Å². The Balaban J connectivity index is 2.50. The Morgan fingerprint density at radius 3 is 2.93 bits per heavy atom. The molecule has 15 heavy (non-hydrogen) atoms. The van der Waals surface area contributed by atoms with Crippen LogP contribution in [0, 0.1) is 5.82 Å². The van der Waals surface area contributed by atoms with E-state index in [4.69, 9.17) is 10.5 Å². The van der Waals surface area contributed by atoms with Gasteiger partial charge in [0.1, 0.15) is 11.6 Å². The van der Waals surface area contributed by atoms with Gasteiger partial charge >= 0.3 is 0 Å². The summed E-state index contributed by atoms with van der Waals surface area (Å²) in [4.78, 5) is 0. The van der Waals surface area contributed by atoms with Crippen LogP contribution in [0.1, 0.15) is 36.4 Å². The molecule has 0 aromatic heterocycles. The first-order valence-electron chi connectivity index (χ1n) is 5.34. The highest BCUT2D eigenvalue weighted by atomic mass is 19.1. The molecule has 3 heteroatoms. The average Bonchev–Trinajstić information content (AvgIpc) is 2.41. The molecule has 1 aliphatic carbocycles. The van der Waals surface area contributed by atoms with Crippen LogP contribution < -0.4 is 10.5 Å². The highest BCUT2D eigenvalue weighted by Gasteiger charge is 2.19. The maximum Gasteiger partial charge on any atom is 0.130 e. The maximum atomic E-state index is 13.7. The molecular weight excluding hydrogens is 193 g/mol. The van der Waals surface area contributed by atoms with Crippen LogP contribution in [0.4, 0.5) is 4.39 Å². The number of hydrogen-bond acceptors (Lipinski definition) is 2. The van der Waals surface area contributed by atoms with E-state index >= 15 is 0 Å². The third-order valence-electron chi connectivity index (χ3n) is 3.03. The third-order valence-corrected chi connectivity index (χ3v) is 3.03. The van der Waals surface area contributed by atoms with Gasteiger partial charge in [0.05, 0.1) is 7.11 Å². The molecule has 2 nitrogen and oxygen atoms in total. The quantitative estimate of drug-likeness (QED) is 0.721. The van der Waals surface area contributed by atoms with Crippen molar-refractivity contribution in [2.45, 2.75) is 31.7 Å². The van der Waals surface area contributed by atoms with Crippen molar-refractivity contribution in [3.8, 4) is 5.75 Å². The Kier molecular flexibility index (Phi) is 2.91. The number of benzene rings is 1. The topological polar surface area (TPSA) is 35.2 Å². The van der Waals surface area contributed by atoms with Gasteiger partial charge < -0.3 is 10.5 Å². The van der Waals surface area contributed by atoms with E-state index in [0.29, 0.717) is 5.75 Å². The van der Waals surface area contributed by atoms with E-state index < -0.39 is 0 Å². The van der Waals surface area contributed by atoms with Gasteiger partial charge in [0.15, 0.2) is 0 Å². The molecule has 0 aliphatic heterocycles. The second-order valence-corrected chi connectivity index (χ2v) is 4.03. The molecule has 0 heterocycles. The summed E-state index contributed by atoms with van der Waals surface area (Å²) in [6.45, 7) is 0. The molecule has 1 aromatic rings. The van der Waals surface area contributed by atoms with E-state index in [0.717, 1.165) is 36.8 Å². The van der Waals surface area contributed by atoms with Crippen LogP contribution in [0.5, 0.6) is 5.75 Å². The molecule has 1 unspecified atom stereocenters. The number of methoxy groups -OCH3 is 1. The second-order valence-electron chi connectivity index (χ2n) is 4.03. The normalized spacial score (nSPS) is 20.6. The molecule has 2 N–H and O–H groups in total. The molecule has 0 radical (unpaired) electrons. The van der Waals surface area contributed by atoms with Crippen LogP contribution in [0.3, 0.4) is 0 Å². The fourth-order valence-electron chi connectivity index (χ4n) is 2.17. The van der Waals surface area contributed by atoms with Crippen molar-refractivity contribution in [2.75, 3.05) is 7.11 Å². The lowest BCUT2D eigenvalue weighted by molar-refractivity contribution is 0.409. The first-order valence-corrected chi connectivity index (χ1v) is 5.34. The Labute approximate surface area is 89.2 Å². The summed E-state index contributed by atoms with van der Waals surface area (Å²) in [5.74, 6) is 0.380. The molecule has 0 bridgehead atoms. The smallest absolute Gasteiger partial charge is 0.130 e. The molecule has 0 fully saturated rings. The SMILES string of the molecule is COc1cc(F)c2c(c1)C(N)CCCC2. The van der Waals surface area contributed by atoms with Gasteiger partial charge in [0.25, 0.3) is 0 Å². The van der Waals surface area contributed by atoms with Crippen LogP contribution in [-0.2, 0) is 6.42 Å². The summed E-state index contributed by atoms with van der Waals surface area (Å²) < 4.78 is 18.8. The predicted octanol–water partition coefficient (Wildman–Crippen LogP) is 2.56. The van der Waals surface area contributed by atoms with Gasteiger partial charge in [0.2, 0.25) is 0 Å². The largest absolute Gasteiger partial charge is 0.497 e. The Morgan fingerprint density at radius 1 is 1.40 bits per heavy atom. The maximum absolute atomic E-state index is 13.7. The number of ether oxygens (including phenoxy) is 1. The van der Waals surface area contributed by atoms with Crippen molar-refractivity contribution in [2.24, 2.45) is 5.73 Å². The minimum absolute atomic E-state index is 0.0490. The van der Waals surface area contributed by atoms with Crippen molar-refractivity contribution >= 4 is 0 Å². The number of rotatable bonds is 1. The molecule has 82 valence electrons. The zero-order valence-corrected chi connectivity index (χ0v) is 8.92. The molecule has 0 saturated carbocycles. The summed E-state index contributed by atoms with van der Waals surface area (Å²) in [6, 6.07) is 3.26. The summed E-state index contributed by atoms with van der Waals surface area (Å²) in [5.41, 5.74) is 7.72.